The molecule has 2 aromatic heterocycles. The van der Waals surface area contributed by atoms with Crippen LogP contribution in [0, 0.1) is 11.8 Å². The third-order valence-electron chi connectivity index (χ3n) is 2.90. The molecule has 0 atom stereocenters. The second kappa shape index (κ2) is 5.36. The van der Waals surface area contributed by atoms with E-state index in [2.05, 4.69) is 51.1 Å². The van der Waals surface area contributed by atoms with Gasteiger partial charge >= 0.3 is 0 Å². The van der Waals surface area contributed by atoms with Gasteiger partial charge in [0.05, 0.1) is 0 Å². The minimum atomic E-state index is 0.770. The summed E-state index contributed by atoms with van der Waals surface area (Å²) in [5.74, 6) is 6.17. The first-order valence-electron chi connectivity index (χ1n) is 6.23. The Hall–Kier alpha value is -2.60. The number of benzene rings is 1. The van der Waals surface area contributed by atoms with Gasteiger partial charge < -0.3 is 4.98 Å². The van der Waals surface area contributed by atoms with Crippen LogP contribution in [0.15, 0.2) is 48.9 Å². The maximum absolute atomic E-state index is 4.07. The molecule has 0 radical (unpaired) electrons. The smallest absolute Gasteiger partial charge is 0.116 e. The molecule has 19 heavy (non-hydrogen) atoms. The number of aromatic nitrogens is 3. The first-order chi connectivity index (χ1) is 9.42. The largest absolute Gasteiger partial charge is 0.358 e. The van der Waals surface area contributed by atoms with E-state index in [1.54, 1.807) is 6.20 Å². The van der Waals surface area contributed by atoms with Crippen molar-refractivity contribution in [3.05, 3.63) is 60.3 Å². The van der Waals surface area contributed by atoms with E-state index < -0.39 is 0 Å². The molecule has 3 nitrogen and oxygen atoms in total. The molecule has 0 aliphatic carbocycles. The highest BCUT2D eigenvalue weighted by molar-refractivity contribution is 5.80. The predicted molar refractivity (Wildman–Crippen MR) is 75.5 cm³/mol. The zero-order chi connectivity index (χ0) is 12.9. The van der Waals surface area contributed by atoms with E-state index in [1.807, 2.05) is 12.1 Å². The minimum absolute atomic E-state index is 0.770. The number of fused-ring (bicyclic) bond motifs is 1. The lowest BCUT2D eigenvalue weighted by molar-refractivity contribution is 0.986. The molecular formula is C16H13N3. The lowest BCUT2D eigenvalue weighted by Crippen LogP contribution is -1.84. The van der Waals surface area contributed by atoms with Gasteiger partial charge in [0, 0.05) is 23.8 Å². The molecule has 2 heterocycles. The summed E-state index contributed by atoms with van der Waals surface area (Å²) in [7, 11) is 0. The van der Waals surface area contributed by atoms with E-state index in [-0.39, 0.29) is 0 Å². The summed E-state index contributed by atoms with van der Waals surface area (Å²) in [6.07, 6.45) is 4.96. The van der Waals surface area contributed by atoms with Gasteiger partial charge in [0.25, 0.3) is 0 Å². The van der Waals surface area contributed by atoms with Crippen LogP contribution in [-0.2, 0) is 6.42 Å². The van der Waals surface area contributed by atoms with Gasteiger partial charge in [0.2, 0.25) is 0 Å². The van der Waals surface area contributed by atoms with Crippen LogP contribution in [0.4, 0.5) is 0 Å². The second-order valence-corrected chi connectivity index (χ2v) is 4.28. The maximum atomic E-state index is 4.07. The second-order valence-electron chi connectivity index (χ2n) is 4.28. The van der Waals surface area contributed by atoms with E-state index in [0.29, 0.717) is 0 Å². The van der Waals surface area contributed by atoms with Crippen molar-refractivity contribution in [1.29, 1.82) is 0 Å². The van der Waals surface area contributed by atoms with Crippen molar-refractivity contribution < 1.29 is 0 Å². The van der Waals surface area contributed by atoms with Crippen LogP contribution in [0.1, 0.15) is 17.8 Å². The maximum Gasteiger partial charge on any atom is 0.116 e. The van der Waals surface area contributed by atoms with Crippen molar-refractivity contribution in [1.82, 2.24) is 15.0 Å². The van der Waals surface area contributed by atoms with Gasteiger partial charge in [0.15, 0.2) is 0 Å². The molecule has 1 aromatic carbocycles. The Kier molecular flexibility index (Phi) is 3.24. The van der Waals surface area contributed by atoms with Crippen molar-refractivity contribution in [3.63, 3.8) is 0 Å². The molecule has 0 bridgehead atoms. The first-order valence-corrected chi connectivity index (χ1v) is 6.23. The number of hydrogen-bond acceptors (Lipinski definition) is 2. The Bertz CT molecular complexity index is 700. The molecule has 0 spiro atoms. The predicted octanol–water partition coefficient (Wildman–Crippen LogP) is 2.94. The first kappa shape index (κ1) is 11.5. The number of hydrogen-bond donors (Lipinski definition) is 1. The van der Waals surface area contributed by atoms with E-state index >= 15 is 0 Å². The fourth-order valence-corrected chi connectivity index (χ4v) is 1.98. The Labute approximate surface area is 111 Å². The summed E-state index contributed by atoms with van der Waals surface area (Å²) in [5.41, 5.74) is 3.17. The molecule has 0 fully saturated rings. The normalized spacial score (nSPS) is 10.1. The molecule has 0 aliphatic rings. The lowest BCUT2D eigenvalue weighted by Gasteiger charge is -1.90. The summed E-state index contributed by atoms with van der Waals surface area (Å²) in [6, 6.07) is 12.3. The molecule has 92 valence electrons. The van der Waals surface area contributed by atoms with Crippen molar-refractivity contribution in [2.45, 2.75) is 12.8 Å². The average Bonchev–Trinajstić information content (AvgIpc) is 2.87. The van der Waals surface area contributed by atoms with Gasteiger partial charge in [-0.1, -0.05) is 24.1 Å². The summed E-state index contributed by atoms with van der Waals surface area (Å²) >= 11 is 0. The molecule has 0 amide bonds. The fourth-order valence-electron chi connectivity index (χ4n) is 1.98. The number of nitrogens with one attached hydrogen (secondary N) is 1. The molecule has 0 aliphatic heterocycles. The summed E-state index contributed by atoms with van der Waals surface area (Å²) < 4.78 is 0. The summed E-state index contributed by atoms with van der Waals surface area (Å²) in [4.78, 5) is 11.3. The van der Waals surface area contributed by atoms with E-state index in [4.69, 9.17) is 0 Å². The van der Waals surface area contributed by atoms with E-state index in [0.717, 1.165) is 18.5 Å². The van der Waals surface area contributed by atoms with Gasteiger partial charge in [-0.25, -0.2) is 9.97 Å². The molecule has 3 heteroatoms. The van der Waals surface area contributed by atoms with Crippen LogP contribution in [0.2, 0.25) is 0 Å². The summed E-state index contributed by atoms with van der Waals surface area (Å²) in [5, 5.41) is 1.25. The number of aromatic amines is 1. The molecule has 1 N–H and O–H groups in total. The fraction of sp³-hybridized carbons (Fsp3) is 0.125. The molecule has 0 saturated carbocycles. The Morgan fingerprint density at radius 3 is 2.95 bits per heavy atom. The number of H-pyrrole nitrogens is 1. The van der Waals surface area contributed by atoms with Crippen LogP contribution < -0.4 is 0 Å². The molecule has 3 aromatic rings. The van der Waals surface area contributed by atoms with E-state index in [9.17, 15) is 0 Å². The topological polar surface area (TPSA) is 41.6 Å². The van der Waals surface area contributed by atoms with Crippen LogP contribution in [0.25, 0.3) is 10.9 Å². The molecule has 0 saturated heterocycles. The molecular weight excluding hydrogens is 234 g/mol. The SMILES string of the molecule is C(#Cc1ccncn1)CCc1cc2ccccc2[nH]1. The summed E-state index contributed by atoms with van der Waals surface area (Å²) in [6.45, 7) is 0. The van der Waals surface area contributed by atoms with Crippen LogP contribution >= 0.6 is 0 Å². The zero-order valence-corrected chi connectivity index (χ0v) is 10.4. The average molecular weight is 247 g/mol. The van der Waals surface area contributed by atoms with Crippen molar-refractivity contribution in [2.75, 3.05) is 0 Å². The minimum Gasteiger partial charge on any atom is -0.358 e. The van der Waals surface area contributed by atoms with Crippen LogP contribution in [-0.4, -0.2) is 15.0 Å². The number of rotatable bonds is 2. The highest BCUT2D eigenvalue weighted by Gasteiger charge is 1.98. The van der Waals surface area contributed by atoms with Crippen LogP contribution in [0.3, 0.4) is 0 Å². The molecule has 0 unspecified atom stereocenters. The highest BCUT2D eigenvalue weighted by Crippen LogP contribution is 2.15. The quantitative estimate of drug-likeness (QED) is 0.707. The van der Waals surface area contributed by atoms with Crippen LogP contribution in [0.5, 0.6) is 0 Å². The zero-order valence-electron chi connectivity index (χ0n) is 10.4. The van der Waals surface area contributed by atoms with Gasteiger partial charge in [-0.05, 0) is 35.9 Å². The Balaban J connectivity index is 1.65. The van der Waals surface area contributed by atoms with Gasteiger partial charge in [-0.15, -0.1) is 0 Å². The van der Waals surface area contributed by atoms with Gasteiger partial charge in [0.1, 0.15) is 12.0 Å². The highest BCUT2D eigenvalue weighted by atomic mass is 14.8. The molecule has 3 rings (SSSR count). The van der Waals surface area contributed by atoms with Crippen molar-refractivity contribution >= 4 is 10.9 Å². The van der Waals surface area contributed by atoms with E-state index in [1.165, 1.54) is 22.9 Å². The lowest BCUT2D eigenvalue weighted by atomic mass is 10.2. The van der Waals surface area contributed by atoms with Gasteiger partial charge in [-0.3, -0.25) is 0 Å². The number of nitrogens with zero attached hydrogens (tertiary/aromatic N) is 2. The number of para-hydroxylation sites is 1. The van der Waals surface area contributed by atoms with Gasteiger partial charge in [-0.2, -0.15) is 0 Å². The van der Waals surface area contributed by atoms with Crippen molar-refractivity contribution in [3.8, 4) is 11.8 Å². The third-order valence-corrected chi connectivity index (χ3v) is 2.90. The monoisotopic (exact) mass is 247 g/mol. The standard InChI is InChI=1S/C16H13N3/c1-4-8-16-13(5-1)11-15(19-16)7-3-2-6-14-9-10-17-12-18-14/h1,4-5,8-12,19H,3,7H2. The third kappa shape index (κ3) is 2.80. The Morgan fingerprint density at radius 1 is 1.16 bits per heavy atom. The number of aryl methyl sites for hydroxylation is 1. The van der Waals surface area contributed by atoms with Crippen molar-refractivity contribution in [2.24, 2.45) is 0 Å². The Morgan fingerprint density at radius 2 is 2.11 bits per heavy atom.